The van der Waals surface area contributed by atoms with Crippen LogP contribution in [-0.4, -0.2) is 29.0 Å². The fourth-order valence-corrected chi connectivity index (χ4v) is 2.46. The number of benzene rings is 2. The molecule has 7 heteroatoms. The van der Waals surface area contributed by atoms with Crippen molar-refractivity contribution in [2.75, 3.05) is 17.7 Å². The molecule has 0 radical (unpaired) electrons. The first-order chi connectivity index (χ1) is 13.1. The van der Waals surface area contributed by atoms with Crippen molar-refractivity contribution in [1.29, 1.82) is 0 Å². The molecular weight excluding hydrogens is 344 g/mol. The van der Waals surface area contributed by atoms with Crippen LogP contribution in [0.5, 0.6) is 0 Å². The number of anilines is 3. The van der Waals surface area contributed by atoms with Gasteiger partial charge in [0.2, 0.25) is 5.95 Å². The van der Waals surface area contributed by atoms with Crippen LogP contribution in [-0.2, 0) is 4.74 Å². The Labute approximate surface area is 156 Å². The van der Waals surface area contributed by atoms with E-state index in [9.17, 15) is 9.59 Å². The summed E-state index contributed by atoms with van der Waals surface area (Å²) < 4.78 is 4.74. The number of rotatable bonds is 5. The molecule has 0 spiro atoms. The zero-order valence-electron chi connectivity index (χ0n) is 14.9. The summed E-state index contributed by atoms with van der Waals surface area (Å²) in [6, 6.07) is 17.6. The Bertz CT molecular complexity index is 974. The number of ether oxygens (including phenoxy) is 1. The van der Waals surface area contributed by atoms with E-state index in [1.807, 2.05) is 30.3 Å². The molecule has 136 valence electrons. The summed E-state index contributed by atoms with van der Waals surface area (Å²) in [4.78, 5) is 33.1. The highest BCUT2D eigenvalue weighted by Gasteiger charge is 2.16. The quantitative estimate of drug-likeness (QED) is 0.674. The topological polar surface area (TPSA) is 93.2 Å². The number of hydrogen-bond acceptors (Lipinski definition) is 6. The molecule has 3 rings (SSSR count). The molecule has 27 heavy (non-hydrogen) atoms. The first-order valence-electron chi connectivity index (χ1n) is 8.23. The smallest absolute Gasteiger partial charge is 0.339 e. The maximum absolute atomic E-state index is 12.7. The molecule has 0 fully saturated rings. The van der Waals surface area contributed by atoms with Crippen molar-refractivity contribution in [3.63, 3.8) is 0 Å². The van der Waals surface area contributed by atoms with Gasteiger partial charge in [0.15, 0.2) is 0 Å². The van der Waals surface area contributed by atoms with Crippen LogP contribution < -0.4 is 10.6 Å². The van der Waals surface area contributed by atoms with Gasteiger partial charge in [0.05, 0.1) is 18.4 Å². The van der Waals surface area contributed by atoms with E-state index in [-0.39, 0.29) is 11.3 Å². The Morgan fingerprint density at radius 3 is 2.41 bits per heavy atom. The minimum Gasteiger partial charge on any atom is -0.465 e. The highest BCUT2D eigenvalue weighted by Crippen LogP contribution is 2.18. The summed E-state index contributed by atoms with van der Waals surface area (Å²) in [5, 5.41) is 5.77. The van der Waals surface area contributed by atoms with Crippen LogP contribution >= 0.6 is 0 Å². The number of esters is 1. The summed E-state index contributed by atoms with van der Waals surface area (Å²) in [5.74, 6) is -0.670. The molecule has 2 aromatic carbocycles. The predicted octanol–water partition coefficient (Wildman–Crippen LogP) is 3.57. The summed E-state index contributed by atoms with van der Waals surface area (Å²) in [6.07, 6.45) is 0. The Kier molecular flexibility index (Phi) is 5.41. The van der Waals surface area contributed by atoms with Gasteiger partial charge in [0, 0.05) is 11.4 Å². The number of para-hydroxylation sites is 2. The molecule has 3 aromatic rings. The number of aromatic nitrogens is 2. The molecule has 2 N–H and O–H groups in total. The monoisotopic (exact) mass is 362 g/mol. The van der Waals surface area contributed by atoms with Crippen LogP contribution in [0.15, 0.2) is 60.7 Å². The number of nitrogens with zero attached hydrogens (tertiary/aromatic N) is 2. The Hall–Kier alpha value is -3.74. The van der Waals surface area contributed by atoms with E-state index in [2.05, 4.69) is 20.6 Å². The molecule has 1 amide bonds. The average molecular weight is 362 g/mol. The minimum absolute atomic E-state index is 0.181. The second-order valence-corrected chi connectivity index (χ2v) is 5.70. The predicted molar refractivity (Wildman–Crippen MR) is 102 cm³/mol. The Morgan fingerprint density at radius 1 is 0.963 bits per heavy atom. The first-order valence-corrected chi connectivity index (χ1v) is 8.23. The molecule has 0 aliphatic rings. The molecule has 1 aromatic heterocycles. The van der Waals surface area contributed by atoms with Crippen molar-refractivity contribution >= 4 is 29.2 Å². The molecule has 0 saturated heterocycles. The number of carbonyl (C=O) groups excluding carboxylic acids is 2. The van der Waals surface area contributed by atoms with Gasteiger partial charge in [-0.25, -0.2) is 14.8 Å². The molecule has 0 unspecified atom stereocenters. The van der Waals surface area contributed by atoms with Gasteiger partial charge >= 0.3 is 5.97 Å². The molecule has 0 bridgehead atoms. The van der Waals surface area contributed by atoms with E-state index in [4.69, 9.17) is 4.74 Å². The lowest BCUT2D eigenvalue weighted by Gasteiger charge is -2.11. The van der Waals surface area contributed by atoms with Crippen molar-refractivity contribution in [3.8, 4) is 0 Å². The fourth-order valence-electron chi connectivity index (χ4n) is 2.46. The standard InChI is InChI=1S/C20H18N4O3/c1-13-12-17(24-20(21-13)22-14-8-4-3-5-9-14)18(25)23-16-11-7-6-10-15(16)19(26)27-2/h3-12H,1-2H3,(H,23,25)(H,21,22,24). The van der Waals surface area contributed by atoms with Gasteiger partial charge in [-0.15, -0.1) is 0 Å². The summed E-state index contributed by atoms with van der Waals surface area (Å²) in [5.41, 5.74) is 2.24. The molecule has 0 aliphatic carbocycles. The summed E-state index contributed by atoms with van der Waals surface area (Å²) in [6.45, 7) is 1.77. The number of nitrogens with one attached hydrogen (secondary N) is 2. The van der Waals surface area contributed by atoms with Crippen LogP contribution in [0, 0.1) is 6.92 Å². The van der Waals surface area contributed by atoms with E-state index in [0.29, 0.717) is 17.3 Å². The van der Waals surface area contributed by atoms with Gasteiger partial charge in [-0.05, 0) is 37.3 Å². The van der Waals surface area contributed by atoms with E-state index in [0.717, 1.165) is 5.69 Å². The third-order valence-corrected chi connectivity index (χ3v) is 3.70. The SMILES string of the molecule is COC(=O)c1ccccc1NC(=O)c1cc(C)nc(Nc2ccccc2)n1. The second kappa shape index (κ2) is 8.09. The normalized spacial score (nSPS) is 10.1. The van der Waals surface area contributed by atoms with Crippen LogP contribution in [0.3, 0.4) is 0 Å². The Morgan fingerprint density at radius 2 is 1.67 bits per heavy atom. The molecule has 0 aliphatic heterocycles. The van der Waals surface area contributed by atoms with Crippen molar-refractivity contribution in [1.82, 2.24) is 9.97 Å². The van der Waals surface area contributed by atoms with Crippen LogP contribution in [0.2, 0.25) is 0 Å². The number of hydrogen-bond donors (Lipinski definition) is 2. The summed E-state index contributed by atoms with van der Waals surface area (Å²) >= 11 is 0. The fraction of sp³-hybridized carbons (Fsp3) is 0.100. The van der Waals surface area contributed by atoms with E-state index in [1.165, 1.54) is 7.11 Å². The number of amides is 1. The third kappa shape index (κ3) is 4.46. The number of carbonyl (C=O) groups is 2. The first kappa shape index (κ1) is 18.1. The van der Waals surface area contributed by atoms with E-state index < -0.39 is 11.9 Å². The van der Waals surface area contributed by atoms with E-state index >= 15 is 0 Å². The lowest BCUT2D eigenvalue weighted by molar-refractivity contribution is 0.0602. The van der Waals surface area contributed by atoms with Gasteiger partial charge in [0.25, 0.3) is 5.91 Å². The van der Waals surface area contributed by atoms with Gasteiger partial charge in [-0.1, -0.05) is 30.3 Å². The highest BCUT2D eigenvalue weighted by atomic mass is 16.5. The van der Waals surface area contributed by atoms with E-state index in [1.54, 1.807) is 37.3 Å². The number of aryl methyl sites for hydroxylation is 1. The maximum atomic E-state index is 12.7. The van der Waals surface area contributed by atoms with Crippen molar-refractivity contribution in [3.05, 3.63) is 77.6 Å². The largest absolute Gasteiger partial charge is 0.465 e. The van der Waals surface area contributed by atoms with Crippen LogP contribution in [0.25, 0.3) is 0 Å². The lowest BCUT2D eigenvalue weighted by Crippen LogP contribution is -2.17. The van der Waals surface area contributed by atoms with Crippen molar-refractivity contribution < 1.29 is 14.3 Å². The molecule has 0 atom stereocenters. The van der Waals surface area contributed by atoms with Gasteiger partial charge in [-0.3, -0.25) is 4.79 Å². The van der Waals surface area contributed by atoms with Crippen LogP contribution in [0.1, 0.15) is 26.5 Å². The van der Waals surface area contributed by atoms with Gasteiger partial charge in [0.1, 0.15) is 5.69 Å². The molecule has 1 heterocycles. The van der Waals surface area contributed by atoms with Gasteiger partial charge < -0.3 is 15.4 Å². The van der Waals surface area contributed by atoms with Crippen LogP contribution in [0.4, 0.5) is 17.3 Å². The molecule has 7 nitrogen and oxygen atoms in total. The van der Waals surface area contributed by atoms with Gasteiger partial charge in [-0.2, -0.15) is 0 Å². The van der Waals surface area contributed by atoms with Crippen molar-refractivity contribution in [2.24, 2.45) is 0 Å². The molecule has 0 saturated carbocycles. The minimum atomic E-state index is -0.531. The second-order valence-electron chi connectivity index (χ2n) is 5.70. The number of methoxy groups -OCH3 is 1. The molecular formula is C20H18N4O3. The summed E-state index contributed by atoms with van der Waals surface area (Å²) in [7, 11) is 1.29. The maximum Gasteiger partial charge on any atom is 0.339 e. The zero-order chi connectivity index (χ0) is 19.2. The lowest BCUT2D eigenvalue weighted by atomic mass is 10.1. The highest BCUT2D eigenvalue weighted by molar-refractivity contribution is 6.07. The third-order valence-electron chi connectivity index (χ3n) is 3.70. The van der Waals surface area contributed by atoms with Crippen molar-refractivity contribution in [2.45, 2.75) is 6.92 Å². The average Bonchev–Trinajstić information content (AvgIpc) is 2.68. The zero-order valence-corrected chi connectivity index (χ0v) is 14.9. The Balaban J connectivity index is 1.84.